The van der Waals surface area contributed by atoms with Crippen molar-refractivity contribution in [2.75, 3.05) is 13.7 Å². The van der Waals surface area contributed by atoms with Gasteiger partial charge < -0.3 is 14.4 Å². The number of benzene rings is 1. The summed E-state index contributed by atoms with van der Waals surface area (Å²) in [6, 6.07) is 4.15. The van der Waals surface area contributed by atoms with Crippen molar-refractivity contribution in [3.63, 3.8) is 0 Å². The summed E-state index contributed by atoms with van der Waals surface area (Å²) < 4.78 is 37.3. The smallest absolute Gasteiger partial charge is 0.387 e. The summed E-state index contributed by atoms with van der Waals surface area (Å²) in [7, 11) is 1.66. The minimum absolute atomic E-state index is 0.104. The Labute approximate surface area is 158 Å². The van der Waals surface area contributed by atoms with Gasteiger partial charge in [0.05, 0.1) is 29.5 Å². The molecule has 0 radical (unpaired) electrons. The van der Waals surface area contributed by atoms with Crippen molar-refractivity contribution in [2.45, 2.75) is 33.5 Å². The maximum Gasteiger partial charge on any atom is 0.387 e. The standard InChI is InChI=1S/C17H20BrF2N3O3/c1-4-23-13(12(18)9-21-23)10-22(3)16(24)11-6-7-14(26-17(19)20)15(8-11)25-5-2/h6-9,17H,4-5,10H2,1-3H3. The highest BCUT2D eigenvalue weighted by Gasteiger charge is 2.19. The molecule has 9 heteroatoms. The SMILES string of the molecule is CCOc1cc(C(=O)N(C)Cc2c(Br)cnn2CC)ccc1OC(F)F. The van der Waals surface area contributed by atoms with Crippen molar-refractivity contribution < 1.29 is 23.0 Å². The van der Waals surface area contributed by atoms with Crippen LogP contribution < -0.4 is 9.47 Å². The highest BCUT2D eigenvalue weighted by Crippen LogP contribution is 2.30. The first-order valence-corrected chi connectivity index (χ1v) is 8.83. The van der Waals surface area contributed by atoms with E-state index in [-0.39, 0.29) is 24.0 Å². The van der Waals surface area contributed by atoms with Crippen LogP contribution in [0.25, 0.3) is 0 Å². The molecule has 26 heavy (non-hydrogen) atoms. The van der Waals surface area contributed by atoms with Crippen molar-refractivity contribution in [3.8, 4) is 11.5 Å². The number of ether oxygens (including phenoxy) is 2. The summed E-state index contributed by atoms with van der Waals surface area (Å²) in [6.45, 7) is 1.99. The molecule has 1 aromatic carbocycles. The molecule has 0 aliphatic heterocycles. The lowest BCUT2D eigenvalue weighted by molar-refractivity contribution is -0.0514. The Morgan fingerprint density at radius 2 is 2.08 bits per heavy atom. The van der Waals surface area contributed by atoms with Crippen LogP contribution >= 0.6 is 15.9 Å². The van der Waals surface area contributed by atoms with E-state index < -0.39 is 6.61 Å². The molecular weight excluding hydrogens is 412 g/mol. The van der Waals surface area contributed by atoms with Gasteiger partial charge in [-0.25, -0.2) is 0 Å². The first-order valence-electron chi connectivity index (χ1n) is 8.04. The van der Waals surface area contributed by atoms with E-state index >= 15 is 0 Å². The molecular formula is C17H20BrF2N3O3. The molecule has 0 spiro atoms. The van der Waals surface area contributed by atoms with Gasteiger partial charge in [-0.15, -0.1) is 0 Å². The van der Waals surface area contributed by atoms with E-state index in [9.17, 15) is 13.6 Å². The van der Waals surface area contributed by atoms with E-state index in [1.54, 1.807) is 24.9 Å². The van der Waals surface area contributed by atoms with Crippen LogP contribution in [0, 0.1) is 0 Å². The van der Waals surface area contributed by atoms with Crippen molar-refractivity contribution in [1.29, 1.82) is 0 Å². The van der Waals surface area contributed by atoms with E-state index in [0.717, 1.165) is 10.2 Å². The van der Waals surface area contributed by atoms with Gasteiger partial charge in [0, 0.05) is 19.2 Å². The molecule has 2 aromatic rings. The summed E-state index contributed by atoms with van der Waals surface area (Å²) in [5.74, 6) is -0.273. The van der Waals surface area contributed by atoms with Crippen LogP contribution in [0.1, 0.15) is 29.9 Å². The summed E-state index contributed by atoms with van der Waals surface area (Å²) in [5, 5.41) is 4.22. The van der Waals surface area contributed by atoms with Crippen LogP contribution in [0.5, 0.6) is 11.5 Å². The van der Waals surface area contributed by atoms with Crippen molar-refractivity contribution >= 4 is 21.8 Å². The number of nitrogens with zero attached hydrogens (tertiary/aromatic N) is 3. The summed E-state index contributed by atoms with van der Waals surface area (Å²) in [5.41, 5.74) is 1.18. The Bertz CT molecular complexity index is 768. The Kier molecular flexibility index (Phi) is 6.96. The van der Waals surface area contributed by atoms with Gasteiger partial charge in [-0.1, -0.05) is 0 Å². The first kappa shape index (κ1) is 20.2. The van der Waals surface area contributed by atoms with Crippen LogP contribution in [0.3, 0.4) is 0 Å². The Morgan fingerprint density at radius 3 is 2.69 bits per heavy atom. The zero-order valence-corrected chi connectivity index (χ0v) is 16.3. The fourth-order valence-electron chi connectivity index (χ4n) is 2.44. The second-order valence-electron chi connectivity index (χ2n) is 5.39. The molecule has 0 unspecified atom stereocenters. The molecule has 0 bridgehead atoms. The predicted molar refractivity (Wildman–Crippen MR) is 95.6 cm³/mol. The number of hydrogen-bond donors (Lipinski definition) is 0. The largest absolute Gasteiger partial charge is 0.490 e. The predicted octanol–water partition coefficient (Wildman–Crippen LogP) is 3.94. The molecule has 142 valence electrons. The van der Waals surface area contributed by atoms with E-state index in [1.165, 1.54) is 23.1 Å². The minimum atomic E-state index is -2.97. The Hall–Kier alpha value is -2.16. The van der Waals surface area contributed by atoms with Gasteiger partial charge in [-0.2, -0.15) is 13.9 Å². The second-order valence-corrected chi connectivity index (χ2v) is 6.24. The maximum absolute atomic E-state index is 12.7. The highest BCUT2D eigenvalue weighted by molar-refractivity contribution is 9.10. The van der Waals surface area contributed by atoms with E-state index in [2.05, 4.69) is 25.8 Å². The van der Waals surface area contributed by atoms with Gasteiger partial charge in [0.25, 0.3) is 5.91 Å². The third-order valence-corrected chi connectivity index (χ3v) is 4.30. The molecule has 0 aliphatic rings. The quantitative estimate of drug-likeness (QED) is 0.634. The van der Waals surface area contributed by atoms with E-state index in [0.29, 0.717) is 18.7 Å². The summed E-state index contributed by atoms with van der Waals surface area (Å²) in [4.78, 5) is 14.2. The van der Waals surface area contributed by atoms with E-state index in [4.69, 9.17) is 4.74 Å². The lowest BCUT2D eigenvalue weighted by Gasteiger charge is -2.19. The minimum Gasteiger partial charge on any atom is -0.490 e. The average Bonchev–Trinajstić information content (AvgIpc) is 2.95. The molecule has 1 heterocycles. The molecule has 1 aromatic heterocycles. The summed E-state index contributed by atoms with van der Waals surface area (Å²) in [6.07, 6.45) is 1.68. The maximum atomic E-state index is 12.7. The van der Waals surface area contributed by atoms with Crippen molar-refractivity contribution in [2.24, 2.45) is 0 Å². The third kappa shape index (κ3) is 4.72. The Balaban J connectivity index is 2.22. The number of rotatable bonds is 8. The Morgan fingerprint density at radius 1 is 1.35 bits per heavy atom. The number of aryl methyl sites for hydroxylation is 1. The van der Waals surface area contributed by atoms with Crippen LogP contribution in [-0.4, -0.2) is 40.9 Å². The van der Waals surface area contributed by atoms with Gasteiger partial charge in [0.15, 0.2) is 11.5 Å². The normalized spacial score (nSPS) is 10.9. The number of aromatic nitrogens is 2. The van der Waals surface area contributed by atoms with Crippen molar-refractivity contribution in [1.82, 2.24) is 14.7 Å². The lowest BCUT2D eigenvalue weighted by Crippen LogP contribution is -2.27. The molecule has 0 N–H and O–H groups in total. The number of carbonyl (C=O) groups is 1. The fourth-order valence-corrected chi connectivity index (χ4v) is 2.86. The third-order valence-electron chi connectivity index (χ3n) is 3.64. The van der Waals surface area contributed by atoms with E-state index in [1.807, 2.05) is 6.92 Å². The topological polar surface area (TPSA) is 56.6 Å². The van der Waals surface area contributed by atoms with Crippen LogP contribution in [0.4, 0.5) is 8.78 Å². The van der Waals surface area contributed by atoms with Gasteiger partial charge in [-0.3, -0.25) is 9.48 Å². The molecule has 0 atom stereocenters. The van der Waals surface area contributed by atoms with Crippen LogP contribution in [0.2, 0.25) is 0 Å². The van der Waals surface area contributed by atoms with Gasteiger partial charge >= 0.3 is 6.61 Å². The molecule has 1 amide bonds. The first-order chi connectivity index (χ1) is 12.4. The molecule has 2 rings (SSSR count). The molecule has 0 saturated carbocycles. The molecule has 0 aliphatic carbocycles. The van der Waals surface area contributed by atoms with Crippen LogP contribution in [0.15, 0.2) is 28.9 Å². The van der Waals surface area contributed by atoms with Crippen molar-refractivity contribution in [3.05, 3.63) is 40.1 Å². The number of halogens is 3. The molecule has 0 saturated heterocycles. The number of carbonyl (C=O) groups excluding carboxylic acids is 1. The molecule has 0 fully saturated rings. The summed E-state index contributed by atoms with van der Waals surface area (Å²) >= 11 is 3.43. The average molecular weight is 432 g/mol. The zero-order valence-electron chi connectivity index (χ0n) is 14.7. The zero-order chi connectivity index (χ0) is 19.3. The number of alkyl halides is 2. The number of hydrogen-bond acceptors (Lipinski definition) is 4. The number of amides is 1. The van der Waals surface area contributed by atoms with Gasteiger partial charge in [-0.05, 0) is 48.0 Å². The molecule has 6 nitrogen and oxygen atoms in total. The second kappa shape index (κ2) is 8.98. The van der Waals surface area contributed by atoms with Gasteiger partial charge in [0.1, 0.15) is 0 Å². The highest BCUT2D eigenvalue weighted by atomic mass is 79.9. The lowest BCUT2D eigenvalue weighted by atomic mass is 10.1. The van der Waals surface area contributed by atoms with Gasteiger partial charge in [0.2, 0.25) is 0 Å². The monoisotopic (exact) mass is 431 g/mol. The van der Waals surface area contributed by atoms with Crippen LogP contribution in [-0.2, 0) is 13.1 Å². The fraction of sp³-hybridized carbons (Fsp3) is 0.412.